The smallest absolute Gasteiger partial charge is 0.322 e. The minimum atomic E-state index is -1.01. The molecule has 2 heterocycles. The summed E-state index contributed by atoms with van der Waals surface area (Å²) in [6, 6.07) is 6.01. The standard InChI is InChI=1S/C14H9ClFN3O2S/c15-14-18-12(17-5-10(20)21)11-9(6-22-13(11)19-14)7-1-3-8(16)4-2-7/h1-4,6H,5H2,(H,20,21)(H,17,18,19). The second kappa shape index (κ2) is 5.86. The molecular formula is C14H9ClFN3O2S. The molecule has 2 aromatic heterocycles. The molecule has 0 bridgehead atoms. The van der Waals surface area contributed by atoms with E-state index in [1.807, 2.05) is 5.38 Å². The van der Waals surface area contributed by atoms with Crippen molar-refractivity contribution < 1.29 is 14.3 Å². The molecule has 0 saturated carbocycles. The lowest BCUT2D eigenvalue weighted by atomic mass is 10.1. The molecule has 0 spiro atoms. The van der Waals surface area contributed by atoms with Crippen LogP contribution >= 0.6 is 22.9 Å². The number of nitrogens with zero attached hydrogens (tertiary/aromatic N) is 2. The van der Waals surface area contributed by atoms with Crippen molar-refractivity contribution in [2.75, 3.05) is 11.9 Å². The molecule has 3 aromatic rings. The summed E-state index contributed by atoms with van der Waals surface area (Å²) in [6.07, 6.45) is 0. The van der Waals surface area contributed by atoms with Crippen LogP contribution in [0.2, 0.25) is 5.28 Å². The van der Waals surface area contributed by atoms with E-state index in [2.05, 4.69) is 15.3 Å². The van der Waals surface area contributed by atoms with E-state index >= 15 is 0 Å². The molecule has 0 aliphatic heterocycles. The molecule has 0 fully saturated rings. The molecule has 2 N–H and O–H groups in total. The van der Waals surface area contributed by atoms with E-state index in [9.17, 15) is 9.18 Å². The minimum absolute atomic E-state index is 0.0351. The van der Waals surface area contributed by atoms with E-state index < -0.39 is 5.97 Å². The molecule has 3 rings (SSSR count). The van der Waals surface area contributed by atoms with Gasteiger partial charge in [0, 0.05) is 10.9 Å². The number of carboxylic acids is 1. The zero-order valence-corrected chi connectivity index (χ0v) is 12.6. The third-order valence-electron chi connectivity index (χ3n) is 2.97. The zero-order chi connectivity index (χ0) is 15.7. The molecule has 0 amide bonds. The van der Waals surface area contributed by atoms with Crippen molar-refractivity contribution in [1.82, 2.24) is 9.97 Å². The molecule has 22 heavy (non-hydrogen) atoms. The number of aromatic nitrogens is 2. The highest BCUT2D eigenvalue weighted by Gasteiger charge is 2.15. The predicted molar refractivity (Wildman–Crippen MR) is 83.9 cm³/mol. The van der Waals surface area contributed by atoms with Gasteiger partial charge in [0.1, 0.15) is 23.0 Å². The van der Waals surface area contributed by atoms with Crippen LogP contribution in [0.5, 0.6) is 0 Å². The van der Waals surface area contributed by atoms with E-state index in [0.717, 1.165) is 11.1 Å². The summed E-state index contributed by atoms with van der Waals surface area (Å²) in [6.45, 7) is -0.291. The molecule has 0 radical (unpaired) electrons. The third kappa shape index (κ3) is 2.86. The van der Waals surface area contributed by atoms with Crippen LogP contribution in [-0.2, 0) is 4.79 Å². The highest BCUT2D eigenvalue weighted by Crippen LogP contribution is 2.37. The van der Waals surface area contributed by atoms with Gasteiger partial charge in [0.25, 0.3) is 0 Å². The summed E-state index contributed by atoms with van der Waals surface area (Å²) in [7, 11) is 0. The van der Waals surface area contributed by atoms with Crippen LogP contribution in [0, 0.1) is 5.82 Å². The molecule has 5 nitrogen and oxygen atoms in total. The maximum atomic E-state index is 13.1. The number of aliphatic carboxylic acids is 1. The van der Waals surface area contributed by atoms with E-state index in [1.165, 1.54) is 23.5 Å². The topological polar surface area (TPSA) is 75.1 Å². The Labute approximate surface area is 133 Å². The summed E-state index contributed by atoms with van der Waals surface area (Å²) >= 11 is 7.22. The van der Waals surface area contributed by atoms with Crippen LogP contribution in [0.1, 0.15) is 0 Å². The van der Waals surface area contributed by atoms with Crippen molar-refractivity contribution in [3.8, 4) is 11.1 Å². The van der Waals surface area contributed by atoms with Crippen LogP contribution in [0.15, 0.2) is 29.6 Å². The number of anilines is 1. The Bertz CT molecular complexity index is 851. The summed E-state index contributed by atoms with van der Waals surface area (Å²) in [5.41, 5.74) is 1.58. The average Bonchev–Trinajstić information content (AvgIpc) is 2.89. The first kappa shape index (κ1) is 14.7. The Morgan fingerprint density at radius 3 is 2.73 bits per heavy atom. The molecule has 0 atom stereocenters. The summed E-state index contributed by atoms with van der Waals surface area (Å²) < 4.78 is 13.1. The maximum absolute atomic E-state index is 13.1. The average molecular weight is 338 g/mol. The predicted octanol–water partition coefficient (Wildman–Crippen LogP) is 3.65. The van der Waals surface area contributed by atoms with Crippen LogP contribution in [0.4, 0.5) is 10.2 Å². The van der Waals surface area contributed by atoms with Gasteiger partial charge in [-0.05, 0) is 29.3 Å². The monoisotopic (exact) mass is 337 g/mol. The van der Waals surface area contributed by atoms with Crippen molar-refractivity contribution in [2.45, 2.75) is 0 Å². The lowest BCUT2D eigenvalue weighted by Gasteiger charge is -2.07. The largest absolute Gasteiger partial charge is 0.480 e. The van der Waals surface area contributed by atoms with Crippen molar-refractivity contribution in [3.63, 3.8) is 0 Å². The molecule has 0 saturated heterocycles. The molecule has 112 valence electrons. The Morgan fingerprint density at radius 2 is 2.05 bits per heavy atom. The van der Waals surface area contributed by atoms with Gasteiger partial charge in [0.15, 0.2) is 0 Å². The van der Waals surface area contributed by atoms with Gasteiger partial charge >= 0.3 is 5.97 Å². The van der Waals surface area contributed by atoms with Crippen molar-refractivity contribution in [3.05, 3.63) is 40.7 Å². The fourth-order valence-corrected chi connectivity index (χ4v) is 3.21. The fraction of sp³-hybridized carbons (Fsp3) is 0.0714. The number of fused-ring (bicyclic) bond motifs is 1. The summed E-state index contributed by atoms with van der Waals surface area (Å²) in [5.74, 6) is -0.994. The van der Waals surface area contributed by atoms with Crippen molar-refractivity contribution in [2.24, 2.45) is 0 Å². The van der Waals surface area contributed by atoms with Gasteiger partial charge in [-0.15, -0.1) is 11.3 Å². The number of nitrogens with one attached hydrogen (secondary N) is 1. The van der Waals surface area contributed by atoms with E-state index in [4.69, 9.17) is 16.7 Å². The summed E-state index contributed by atoms with van der Waals surface area (Å²) in [5, 5.41) is 14.1. The van der Waals surface area contributed by atoms with E-state index in [0.29, 0.717) is 16.0 Å². The number of halogens is 2. The van der Waals surface area contributed by atoms with Gasteiger partial charge < -0.3 is 10.4 Å². The third-order valence-corrected chi connectivity index (χ3v) is 4.01. The van der Waals surface area contributed by atoms with Gasteiger partial charge in [0.05, 0.1) is 5.39 Å². The Hall–Kier alpha value is -2.25. The Kier molecular flexibility index (Phi) is 3.91. The maximum Gasteiger partial charge on any atom is 0.322 e. The number of carboxylic acid groups (broad SMARTS) is 1. The number of carbonyl (C=O) groups is 1. The molecule has 1 aromatic carbocycles. The first-order valence-electron chi connectivity index (χ1n) is 6.21. The number of hydrogen-bond donors (Lipinski definition) is 2. The van der Waals surface area contributed by atoms with Crippen molar-refractivity contribution >= 4 is 44.9 Å². The zero-order valence-electron chi connectivity index (χ0n) is 11.0. The quantitative estimate of drug-likeness (QED) is 0.711. The molecule has 0 unspecified atom stereocenters. The van der Waals surface area contributed by atoms with Crippen LogP contribution < -0.4 is 5.32 Å². The van der Waals surface area contributed by atoms with E-state index in [1.54, 1.807) is 12.1 Å². The van der Waals surface area contributed by atoms with Crippen LogP contribution in [-0.4, -0.2) is 27.6 Å². The highest BCUT2D eigenvalue weighted by atomic mass is 35.5. The number of rotatable bonds is 4. The van der Waals surface area contributed by atoms with E-state index in [-0.39, 0.29) is 17.6 Å². The Balaban J connectivity index is 2.15. The molecular weight excluding hydrogens is 329 g/mol. The second-order valence-corrected chi connectivity index (χ2v) is 5.62. The van der Waals surface area contributed by atoms with Gasteiger partial charge in [-0.25, -0.2) is 14.4 Å². The lowest BCUT2D eigenvalue weighted by molar-refractivity contribution is -0.134. The lowest BCUT2D eigenvalue weighted by Crippen LogP contribution is -2.13. The Morgan fingerprint density at radius 1 is 1.32 bits per heavy atom. The number of thiophene rings is 1. The van der Waals surface area contributed by atoms with Crippen molar-refractivity contribution in [1.29, 1.82) is 0 Å². The van der Waals surface area contributed by atoms with Crippen LogP contribution in [0.3, 0.4) is 0 Å². The number of benzene rings is 1. The first-order valence-corrected chi connectivity index (χ1v) is 7.46. The van der Waals surface area contributed by atoms with Gasteiger partial charge in [-0.2, -0.15) is 0 Å². The molecule has 8 heteroatoms. The summed E-state index contributed by atoms with van der Waals surface area (Å²) in [4.78, 5) is 19.6. The van der Waals surface area contributed by atoms with Gasteiger partial charge in [-0.1, -0.05) is 12.1 Å². The van der Waals surface area contributed by atoms with Gasteiger partial charge in [-0.3, -0.25) is 4.79 Å². The molecule has 0 aliphatic rings. The first-order chi connectivity index (χ1) is 10.5. The van der Waals surface area contributed by atoms with Gasteiger partial charge in [0.2, 0.25) is 5.28 Å². The minimum Gasteiger partial charge on any atom is -0.480 e. The highest BCUT2D eigenvalue weighted by molar-refractivity contribution is 7.17. The normalized spacial score (nSPS) is 10.8. The SMILES string of the molecule is O=C(O)CNc1nc(Cl)nc2scc(-c3ccc(F)cc3)c12. The molecule has 0 aliphatic carbocycles. The van der Waals surface area contributed by atoms with Crippen LogP contribution in [0.25, 0.3) is 21.3 Å². The fourth-order valence-electron chi connectivity index (χ4n) is 2.04. The number of hydrogen-bond acceptors (Lipinski definition) is 5. The second-order valence-electron chi connectivity index (χ2n) is 4.42.